The molecule has 2 rings (SSSR count). The Bertz CT molecular complexity index is 537. The molecule has 1 aromatic rings. The van der Waals surface area contributed by atoms with E-state index in [4.69, 9.17) is 16.3 Å². The third-order valence-electron chi connectivity index (χ3n) is 3.84. The first-order chi connectivity index (χ1) is 10.9. The normalized spacial score (nSPS) is 20.9. The fourth-order valence-corrected chi connectivity index (χ4v) is 3.01. The molecule has 5 nitrogen and oxygen atoms in total. The van der Waals surface area contributed by atoms with E-state index in [1.807, 2.05) is 4.90 Å². The van der Waals surface area contributed by atoms with E-state index in [0.717, 1.165) is 19.5 Å². The largest absolute Gasteiger partial charge is 0.484 e. The van der Waals surface area contributed by atoms with Crippen LogP contribution in [0.5, 0.6) is 5.75 Å². The average molecular weight is 339 g/mol. The molecule has 126 valence electrons. The van der Waals surface area contributed by atoms with Crippen molar-refractivity contribution in [1.29, 1.82) is 0 Å². The summed E-state index contributed by atoms with van der Waals surface area (Å²) in [6, 6.07) is 6.77. The Balaban J connectivity index is 1.71. The molecule has 1 N–H and O–H groups in total. The molecule has 0 aliphatic carbocycles. The third-order valence-corrected chi connectivity index (χ3v) is 4.09. The maximum atomic E-state index is 12.2. The zero-order valence-corrected chi connectivity index (χ0v) is 14.3. The Morgan fingerprint density at radius 3 is 2.43 bits per heavy atom. The van der Waals surface area contributed by atoms with Crippen molar-refractivity contribution in [3.8, 4) is 5.75 Å². The first-order valence-electron chi connectivity index (χ1n) is 7.87. The first kappa shape index (κ1) is 17.6. The molecule has 0 aromatic heterocycles. The smallest absolute Gasteiger partial charge is 0.258 e. The Labute approximate surface area is 141 Å². The highest BCUT2D eigenvalue weighted by atomic mass is 35.5. The number of rotatable bonds is 5. The van der Waals surface area contributed by atoms with E-state index < -0.39 is 0 Å². The zero-order chi connectivity index (χ0) is 16.8. The number of carbonyl (C=O) groups is 2. The summed E-state index contributed by atoms with van der Waals surface area (Å²) in [6.45, 7) is 5.72. The first-order valence-corrected chi connectivity index (χ1v) is 8.24. The minimum absolute atomic E-state index is 0.0161. The van der Waals surface area contributed by atoms with Gasteiger partial charge in [-0.05, 0) is 42.5 Å². The van der Waals surface area contributed by atoms with Gasteiger partial charge in [0.05, 0.1) is 6.54 Å². The lowest BCUT2D eigenvalue weighted by Crippen LogP contribution is -2.47. The molecule has 0 saturated carbocycles. The molecule has 1 heterocycles. The highest BCUT2D eigenvalue weighted by molar-refractivity contribution is 6.30. The molecule has 2 amide bonds. The number of likely N-dealkylation sites (tertiary alicyclic amines) is 1. The van der Waals surface area contributed by atoms with Crippen LogP contribution in [0.15, 0.2) is 24.3 Å². The summed E-state index contributed by atoms with van der Waals surface area (Å²) < 4.78 is 5.34. The van der Waals surface area contributed by atoms with Gasteiger partial charge in [0, 0.05) is 18.1 Å². The van der Waals surface area contributed by atoms with Gasteiger partial charge in [0.1, 0.15) is 5.75 Å². The lowest BCUT2D eigenvalue weighted by molar-refractivity contribution is -0.135. The summed E-state index contributed by atoms with van der Waals surface area (Å²) in [7, 11) is 0. The molecular formula is C17H23ClN2O3. The van der Waals surface area contributed by atoms with Gasteiger partial charge in [-0.25, -0.2) is 0 Å². The van der Waals surface area contributed by atoms with E-state index in [2.05, 4.69) is 19.2 Å². The topological polar surface area (TPSA) is 58.6 Å². The van der Waals surface area contributed by atoms with Gasteiger partial charge in [-0.1, -0.05) is 25.4 Å². The number of amides is 2. The minimum atomic E-state index is -0.314. The van der Waals surface area contributed by atoms with Gasteiger partial charge in [-0.15, -0.1) is 0 Å². The molecule has 0 bridgehead atoms. The molecule has 1 aromatic carbocycles. The van der Waals surface area contributed by atoms with Gasteiger partial charge >= 0.3 is 0 Å². The second-order valence-corrected chi connectivity index (χ2v) is 6.70. The van der Waals surface area contributed by atoms with E-state index in [-0.39, 0.29) is 25.0 Å². The molecule has 1 fully saturated rings. The molecule has 1 aliphatic rings. The molecule has 1 saturated heterocycles. The number of nitrogens with zero attached hydrogens (tertiary/aromatic N) is 1. The standard InChI is InChI=1S/C17H23ClN2O3/c1-12-7-13(2)10-20(9-12)17(22)8-19-16(21)11-23-15-5-3-14(18)4-6-15/h3-6,12-13H,7-11H2,1-2H3,(H,19,21). The van der Waals surface area contributed by atoms with Crippen LogP contribution in [0.25, 0.3) is 0 Å². The summed E-state index contributed by atoms with van der Waals surface area (Å²) >= 11 is 5.78. The maximum absolute atomic E-state index is 12.2. The van der Waals surface area contributed by atoms with Gasteiger partial charge < -0.3 is 15.0 Å². The number of carbonyl (C=O) groups excluding carboxylic acids is 2. The SMILES string of the molecule is CC1CC(C)CN(C(=O)CNC(=O)COc2ccc(Cl)cc2)C1. The van der Waals surface area contributed by atoms with E-state index in [1.54, 1.807) is 24.3 Å². The van der Waals surface area contributed by atoms with Crippen LogP contribution in [-0.4, -0.2) is 43.0 Å². The minimum Gasteiger partial charge on any atom is -0.484 e. The van der Waals surface area contributed by atoms with E-state index >= 15 is 0 Å². The molecule has 0 radical (unpaired) electrons. The van der Waals surface area contributed by atoms with Gasteiger partial charge in [-0.3, -0.25) is 9.59 Å². The van der Waals surface area contributed by atoms with Crippen LogP contribution in [0, 0.1) is 11.8 Å². The average Bonchev–Trinajstić information content (AvgIpc) is 2.51. The van der Waals surface area contributed by atoms with Crippen LogP contribution in [0.2, 0.25) is 5.02 Å². The summed E-state index contributed by atoms with van der Waals surface area (Å²) in [5.74, 6) is 1.22. The van der Waals surface area contributed by atoms with Crippen molar-refractivity contribution in [2.75, 3.05) is 26.2 Å². The zero-order valence-electron chi connectivity index (χ0n) is 13.5. The highest BCUT2D eigenvalue weighted by Gasteiger charge is 2.25. The number of halogens is 1. The van der Waals surface area contributed by atoms with Crippen molar-refractivity contribution in [3.63, 3.8) is 0 Å². The molecule has 2 unspecified atom stereocenters. The van der Waals surface area contributed by atoms with Crippen LogP contribution in [0.3, 0.4) is 0 Å². The Morgan fingerprint density at radius 1 is 1.22 bits per heavy atom. The fraction of sp³-hybridized carbons (Fsp3) is 0.529. The van der Waals surface area contributed by atoms with Crippen molar-refractivity contribution < 1.29 is 14.3 Å². The Kier molecular flexibility index (Phi) is 6.28. The molecule has 23 heavy (non-hydrogen) atoms. The number of piperidine rings is 1. The number of ether oxygens (including phenoxy) is 1. The van der Waals surface area contributed by atoms with E-state index in [0.29, 0.717) is 22.6 Å². The van der Waals surface area contributed by atoms with Crippen molar-refractivity contribution in [2.24, 2.45) is 11.8 Å². The fourth-order valence-electron chi connectivity index (χ4n) is 2.88. The van der Waals surface area contributed by atoms with Crippen LogP contribution in [-0.2, 0) is 9.59 Å². The predicted molar refractivity (Wildman–Crippen MR) is 89.5 cm³/mol. The van der Waals surface area contributed by atoms with Crippen molar-refractivity contribution in [3.05, 3.63) is 29.3 Å². The van der Waals surface area contributed by atoms with E-state index in [1.165, 1.54) is 0 Å². The summed E-state index contributed by atoms with van der Waals surface area (Å²) in [5, 5.41) is 3.22. The van der Waals surface area contributed by atoms with Crippen molar-refractivity contribution in [2.45, 2.75) is 20.3 Å². The van der Waals surface area contributed by atoms with Crippen molar-refractivity contribution in [1.82, 2.24) is 10.2 Å². The van der Waals surface area contributed by atoms with Crippen LogP contribution in [0.1, 0.15) is 20.3 Å². The lowest BCUT2D eigenvalue weighted by Gasteiger charge is -2.35. The predicted octanol–water partition coefficient (Wildman–Crippen LogP) is 2.34. The number of hydrogen-bond donors (Lipinski definition) is 1. The van der Waals surface area contributed by atoms with E-state index in [9.17, 15) is 9.59 Å². The van der Waals surface area contributed by atoms with Crippen molar-refractivity contribution >= 4 is 23.4 Å². The van der Waals surface area contributed by atoms with Gasteiger partial charge in [0.15, 0.2) is 6.61 Å². The number of nitrogens with one attached hydrogen (secondary N) is 1. The third kappa shape index (κ3) is 5.75. The summed E-state index contributed by atoms with van der Waals surface area (Å²) in [6.07, 6.45) is 1.14. The monoisotopic (exact) mass is 338 g/mol. The second kappa shape index (κ2) is 8.20. The molecule has 0 spiro atoms. The van der Waals surface area contributed by atoms with Crippen LogP contribution in [0.4, 0.5) is 0 Å². The van der Waals surface area contributed by atoms with Gasteiger partial charge in [0.2, 0.25) is 5.91 Å². The number of benzene rings is 1. The molecular weight excluding hydrogens is 316 g/mol. The second-order valence-electron chi connectivity index (χ2n) is 6.26. The molecule has 1 aliphatic heterocycles. The number of hydrogen-bond acceptors (Lipinski definition) is 3. The van der Waals surface area contributed by atoms with Crippen LogP contribution >= 0.6 is 11.6 Å². The quantitative estimate of drug-likeness (QED) is 0.896. The molecule has 2 atom stereocenters. The van der Waals surface area contributed by atoms with Gasteiger partial charge in [0.25, 0.3) is 5.91 Å². The lowest BCUT2D eigenvalue weighted by atomic mass is 9.92. The van der Waals surface area contributed by atoms with Crippen LogP contribution < -0.4 is 10.1 Å². The Morgan fingerprint density at radius 2 is 1.83 bits per heavy atom. The van der Waals surface area contributed by atoms with Gasteiger partial charge in [-0.2, -0.15) is 0 Å². The maximum Gasteiger partial charge on any atom is 0.258 e. The molecule has 6 heteroatoms. The summed E-state index contributed by atoms with van der Waals surface area (Å²) in [5.41, 5.74) is 0. The summed E-state index contributed by atoms with van der Waals surface area (Å²) in [4.78, 5) is 25.8. The Hall–Kier alpha value is -1.75. The highest BCUT2D eigenvalue weighted by Crippen LogP contribution is 2.20.